The van der Waals surface area contributed by atoms with Crippen molar-refractivity contribution in [1.82, 2.24) is 14.4 Å². The fourth-order valence-electron chi connectivity index (χ4n) is 4.48. The number of Topliss-reactive ketones (excluding diaryl/α,β-unsaturated/α-hetero) is 1. The molecule has 1 aliphatic heterocycles. The number of carbonyl (C=O) groups is 5. The molecule has 12 nitrogen and oxygen atoms in total. The Labute approximate surface area is 265 Å². The number of hydrogen-bond acceptors (Lipinski definition) is 7. The summed E-state index contributed by atoms with van der Waals surface area (Å²) in [5.74, 6) is -7.27. The zero-order valence-electron chi connectivity index (χ0n) is 24.6. The smallest absolute Gasteiger partial charge is 0.416 e. The number of carbonyl (C=O) groups excluding carboxylic acids is 1. The first-order valence-corrected chi connectivity index (χ1v) is 13.8. The number of carboxylic acids is 4. The highest BCUT2D eigenvalue weighted by atomic mass is 35.5. The van der Waals surface area contributed by atoms with Crippen molar-refractivity contribution >= 4 is 41.3 Å². The quantitative estimate of drug-likeness (QED) is 0.220. The van der Waals surface area contributed by atoms with Crippen molar-refractivity contribution in [3.8, 4) is 5.69 Å². The van der Waals surface area contributed by atoms with Gasteiger partial charge in [0.15, 0.2) is 5.78 Å². The number of aromatic nitrogens is 1. The first kappa shape index (κ1) is 37.5. The van der Waals surface area contributed by atoms with E-state index in [1.165, 1.54) is 17.7 Å². The summed E-state index contributed by atoms with van der Waals surface area (Å²) in [6.07, 6.45) is -4.38. The number of benzene rings is 2. The third-order valence-corrected chi connectivity index (χ3v) is 6.95. The number of hydrogen-bond donors (Lipinski definition) is 4. The fraction of sp³-hybridized carbons (Fsp3) is 0.300. The molecule has 0 bridgehead atoms. The van der Waals surface area contributed by atoms with Crippen LogP contribution >= 0.6 is 11.6 Å². The summed E-state index contributed by atoms with van der Waals surface area (Å²) in [6, 6.07) is 14.7. The van der Waals surface area contributed by atoms with Crippen LogP contribution in [-0.4, -0.2) is 97.2 Å². The number of nitrogens with zero attached hydrogens (tertiary/aromatic N) is 3. The predicted molar refractivity (Wildman–Crippen MR) is 158 cm³/mol. The van der Waals surface area contributed by atoms with E-state index in [0.717, 1.165) is 61.3 Å². The summed E-state index contributed by atoms with van der Waals surface area (Å²) in [5, 5.41) is 30.3. The van der Waals surface area contributed by atoms with Crippen molar-refractivity contribution < 1.29 is 57.6 Å². The fourth-order valence-corrected chi connectivity index (χ4v) is 4.61. The topological polar surface area (TPSA) is 178 Å². The van der Waals surface area contributed by atoms with Crippen LogP contribution in [0.1, 0.15) is 32.9 Å². The van der Waals surface area contributed by atoms with E-state index in [1.807, 2.05) is 48.7 Å². The Morgan fingerprint density at radius 1 is 0.739 bits per heavy atom. The molecular formula is C30H31ClF3N3O9. The Kier molecular flexibility index (Phi) is 13.5. The van der Waals surface area contributed by atoms with Crippen molar-refractivity contribution in [3.63, 3.8) is 0 Å². The van der Waals surface area contributed by atoms with Crippen LogP contribution < -0.4 is 0 Å². The molecule has 0 amide bonds. The van der Waals surface area contributed by atoms with E-state index < -0.39 is 35.6 Å². The van der Waals surface area contributed by atoms with E-state index in [9.17, 15) is 18.0 Å². The summed E-state index contributed by atoms with van der Waals surface area (Å²) in [6.45, 7) is 8.23. The lowest BCUT2D eigenvalue weighted by molar-refractivity contribution is -0.159. The normalized spacial score (nSPS) is 13.4. The summed E-state index contributed by atoms with van der Waals surface area (Å²) < 4.78 is 40.5. The Bertz CT molecular complexity index is 1500. The molecule has 0 aliphatic carbocycles. The van der Waals surface area contributed by atoms with Crippen LogP contribution in [-0.2, 0) is 31.9 Å². The second-order valence-electron chi connectivity index (χ2n) is 9.99. The maximum absolute atomic E-state index is 13.1. The standard InChI is InChI=1S/C26H27ClF3N3O.2C2H2O4/c1-18-15-24(19(2)33(18)23-9-5-21(6-10-23)26(28,29)30)25(34)17-32-13-11-31(12-14-32)16-20-3-7-22(27)8-4-20;2*3-1(4)2(5)6/h3-10,15H,11-14,16-17H2,1-2H3;2*(H,3,4)(H,5,6). The van der Waals surface area contributed by atoms with Crippen molar-refractivity contribution in [2.24, 2.45) is 0 Å². The van der Waals surface area contributed by atoms with Gasteiger partial charge in [-0.3, -0.25) is 14.6 Å². The minimum absolute atomic E-state index is 0.0254. The van der Waals surface area contributed by atoms with E-state index >= 15 is 0 Å². The molecular weight excluding hydrogens is 639 g/mol. The van der Waals surface area contributed by atoms with Gasteiger partial charge in [0.1, 0.15) is 0 Å². The number of aliphatic carboxylic acids is 4. The number of carboxylic acid groups (broad SMARTS) is 4. The van der Waals surface area contributed by atoms with Gasteiger partial charge >= 0.3 is 30.1 Å². The number of alkyl halides is 3. The largest absolute Gasteiger partial charge is 0.473 e. The highest BCUT2D eigenvalue weighted by Crippen LogP contribution is 2.30. The Morgan fingerprint density at radius 3 is 1.63 bits per heavy atom. The average molecular weight is 670 g/mol. The molecule has 0 unspecified atom stereocenters. The summed E-state index contributed by atoms with van der Waals surface area (Å²) in [7, 11) is 0. The number of rotatable bonds is 6. The van der Waals surface area contributed by atoms with Gasteiger partial charge in [-0.25, -0.2) is 19.2 Å². The van der Waals surface area contributed by atoms with Gasteiger partial charge in [0.05, 0.1) is 12.1 Å². The molecule has 1 aromatic heterocycles. The SMILES string of the molecule is Cc1cc(C(=O)CN2CCN(Cc3ccc(Cl)cc3)CC2)c(C)n1-c1ccc(C(F)(F)F)cc1.O=C(O)C(=O)O.O=C(O)C(=O)O. The summed E-state index contributed by atoms with van der Waals surface area (Å²) in [4.78, 5) is 54.0. The van der Waals surface area contributed by atoms with Crippen LogP contribution in [0.3, 0.4) is 0 Å². The van der Waals surface area contributed by atoms with Gasteiger partial charge in [-0.1, -0.05) is 23.7 Å². The van der Waals surface area contributed by atoms with Crippen LogP contribution in [0.5, 0.6) is 0 Å². The van der Waals surface area contributed by atoms with Crippen LogP contribution in [0, 0.1) is 13.8 Å². The highest BCUT2D eigenvalue weighted by Gasteiger charge is 2.30. The average Bonchev–Trinajstić information content (AvgIpc) is 3.29. The van der Waals surface area contributed by atoms with Crippen LogP contribution in [0.2, 0.25) is 5.02 Å². The minimum atomic E-state index is -4.38. The van der Waals surface area contributed by atoms with Gasteiger partial charge in [-0.2, -0.15) is 13.2 Å². The minimum Gasteiger partial charge on any atom is -0.473 e. The van der Waals surface area contributed by atoms with Crippen molar-refractivity contribution in [2.75, 3.05) is 32.7 Å². The highest BCUT2D eigenvalue weighted by molar-refractivity contribution is 6.30. The van der Waals surface area contributed by atoms with E-state index in [-0.39, 0.29) is 5.78 Å². The zero-order valence-corrected chi connectivity index (χ0v) is 25.4. The molecule has 0 radical (unpaired) electrons. The molecule has 1 fully saturated rings. The Hall–Kier alpha value is -4.73. The van der Waals surface area contributed by atoms with Crippen LogP contribution in [0.15, 0.2) is 54.6 Å². The maximum Gasteiger partial charge on any atom is 0.416 e. The number of ketones is 1. The zero-order chi connectivity index (χ0) is 34.8. The van der Waals surface area contributed by atoms with Gasteiger partial charge in [-0.15, -0.1) is 0 Å². The van der Waals surface area contributed by atoms with Gasteiger partial charge in [0.2, 0.25) is 0 Å². The number of piperazine rings is 1. The van der Waals surface area contributed by atoms with Crippen molar-refractivity contribution in [1.29, 1.82) is 0 Å². The number of aryl methyl sites for hydroxylation is 1. The van der Waals surface area contributed by atoms with E-state index in [1.54, 1.807) is 0 Å². The van der Waals surface area contributed by atoms with E-state index in [4.69, 9.17) is 51.2 Å². The third kappa shape index (κ3) is 11.3. The molecule has 0 spiro atoms. The molecule has 46 heavy (non-hydrogen) atoms. The molecule has 16 heteroatoms. The molecule has 1 aliphatic rings. The van der Waals surface area contributed by atoms with Crippen molar-refractivity contribution in [2.45, 2.75) is 26.6 Å². The molecule has 248 valence electrons. The number of halogens is 4. The molecule has 0 saturated carbocycles. The molecule has 4 N–H and O–H groups in total. The molecule has 4 rings (SSSR count). The first-order chi connectivity index (χ1) is 21.4. The predicted octanol–water partition coefficient (Wildman–Crippen LogP) is 4.08. The molecule has 2 heterocycles. The van der Waals surface area contributed by atoms with Gasteiger partial charge in [0.25, 0.3) is 0 Å². The Balaban J connectivity index is 0.000000522. The van der Waals surface area contributed by atoms with Gasteiger partial charge < -0.3 is 25.0 Å². The molecule has 3 aromatic rings. The first-order valence-electron chi connectivity index (χ1n) is 13.4. The van der Waals surface area contributed by atoms with Crippen molar-refractivity contribution in [3.05, 3.63) is 87.7 Å². The monoisotopic (exact) mass is 669 g/mol. The molecule has 1 saturated heterocycles. The van der Waals surface area contributed by atoms with Crippen LogP contribution in [0.4, 0.5) is 13.2 Å². The van der Waals surface area contributed by atoms with Gasteiger partial charge in [0, 0.05) is 60.4 Å². The second-order valence-corrected chi connectivity index (χ2v) is 10.4. The summed E-state index contributed by atoms with van der Waals surface area (Å²) in [5.41, 5.74) is 3.30. The molecule has 2 aromatic carbocycles. The second kappa shape index (κ2) is 16.5. The lowest BCUT2D eigenvalue weighted by Crippen LogP contribution is -2.47. The summed E-state index contributed by atoms with van der Waals surface area (Å²) >= 11 is 5.96. The Morgan fingerprint density at radius 2 is 1.20 bits per heavy atom. The third-order valence-electron chi connectivity index (χ3n) is 6.70. The van der Waals surface area contributed by atoms with Crippen LogP contribution in [0.25, 0.3) is 5.69 Å². The van der Waals surface area contributed by atoms with E-state index in [2.05, 4.69) is 9.80 Å². The lowest BCUT2D eigenvalue weighted by Gasteiger charge is -2.34. The van der Waals surface area contributed by atoms with E-state index in [0.29, 0.717) is 17.8 Å². The molecule has 0 atom stereocenters. The van der Waals surface area contributed by atoms with Gasteiger partial charge in [-0.05, 0) is 61.9 Å². The maximum atomic E-state index is 13.1. The lowest BCUT2D eigenvalue weighted by atomic mass is 10.1.